The third-order valence-corrected chi connectivity index (χ3v) is 2.07. The molecule has 4 nitrogen and oxygen atoms in total. The minimum absolute atomic E-state index is 0.783. The Balaban J connectivity index is 2.36. The molecule has 0 spiro atoms. The van der Waals surface area contributed by atoms with Crippen molar-refractivity contribution in [2.24, 2.45) is 0 Å². The SMILES string of the molecule is CNCc1cn[nH]c1-c1ccc(C)o1. The van der Waals surface area contributed by atoms with E-state index in [0.29, 0.717) is 0 Å². The number of furan rings is 1. The van der Waals surface area contributed by atoms with Gasteiger partial charge in [-0.25, -0.2) is 0 Å². The monoisotopic (exact) mass is 191 g/mol. The number of aromatic nitrogens is 2. The molecule has 2 rings (SSSR count). The van der Waals surface area contributed by atoms with Crippen LogP contribution in [-0.2, 0) is 6.54 Å². The van der Waals surface area contributed by atoms with E-state index < -0.39 is 0 Å². The molecule has 0 unspecified atom stereocenters. The normalized spacial score (nSPS) is 10.7. The van der Waals surface area contributed by atoms with Gasteiger partial charge >= 0.3 is 0 Å². The van der Waals surface area contributed by atoms with Crippen LogP contribution in [0.3, 0.4) is 0 Å². The first-order valence-electron chi connectivity index (χ1n) is 4.55. The third-order valence-electron chi connectivity index (χ3n) is 2.07. The minimum atomic E-state index is 0.783. The van der Waals surface area contributed by atoms with Crippen LogP contribution in [-0.4, -0.2) is 17.2 Å². The lowest BCUT2D eigenvalue weighted by molar-refractivity contribution is 0.545. The summed E-state index contributed by atoms with van der Waals surface area (Å²) in [4.78, 5) is 0. The minimum Gasteiger partial charge on any atom is -0.460 e. The largest absolute Gasteiger partial charge is 0.460 e. The number of rotatable bonds is 3. The Kier molecular flexibility index (Phi) is 2.37. The average molecular weight is 191 g/mol. The molecule has 0 aliphatic rings. The first kappa shape index (κ1) is 9.02. The van der Waals surface area contributed by atoms with Crippen molar-refractivity contribution < 1.29 is 4.42 Å². The zero-order valence-corrected chi connectivity index (χ0v) is 8.29. The van der Waals surface area contributed by atoms with Gasteiger partial charge in [0.2, 0.25) is 0 Å². The Labute approximate surface area is 82.3 Å². The van der Waals surface area contributed by atoms with Crippen LogP contribution in [0.2, 0.25) is 0 Å². The molecule has 0 aliphatic heterocycles. The highest BCUT2D eigenvalue weighted by atomic mass is 16.3. The van der Waals surface area contributed by atoms with E-state index in [4.69, 9.17) is 4.42 Å². The molecular weight excluding hydrogens is 178 g/mol. The molecule has 0 amide bonds. The van der Waals surface area contributed by atoms with Crippen LogP contribution in [0.25, 0.3) is 11.5 Å². The number of nitrogens with zero attached hydrogens (tertiary/aromatic N) is 1. The zero-order valence-electron chi connectivity index (χ0n) is 8.29. The molecule has 74 valence electrons. The number of aromatic amines is 1. The van der Waals surface area contributed by atoms with Gasteiger partial charge < -0.3 is 9.73 Å². The molecule has 0 atom stereocenters. The lowest BCUT2D eigenvalue weighted by Crippen LogP contribution is -2.04. The Bertz CT molecular complexity index is 416. The van der Waals surface area contributed by atoms with Crippen LogP contribution in [0.4, 0.5) is 0 Å². The van der Waals surface area contributed by atoms with Gasteiger partial charge in [0.25, 0.3) is 0 Å². The Morgan fingerprint density at radius 1 is 1.50 bits per heavy atom. The molecule has 0 saturated heterocycles. The summed E-state index contributed by atoms with van der Waals surface area (Å²) in [6.45, 7) is 2.71. The summed E-state index contributed by atoms with van der Waals surface area (Å²) >= 11 is 0. The summed E-state index contributed by atoms with van der Waals surface area (Å²) in [6.07, 6.45) is 1.81. The van der Waals surface area contributed by atoms with Crippen LogP contribution in [0.15, 0.2) is 22.7 Å². The van der Waals surface area contributed by atoms with Crippen molar-refractivity contribution in [1.82, 2.24) is 15.5 Å². The van der Waals surface area contributed by atoms with Gasteiger partial charge in [-0.05, 0) is 26.1 Å². The third kappa shape index (κ3) is 1.56. The van der Waals surface area contributed by atoms with Crippen molar-refractivity contribution in [3.8, 4) is 11.5 Å². The summed E-state index contributed by atoms with van der Waals surface area (Å²) < 4.78 is 5.52. The molecule has 0 aliphatic carbocycles. The Hall–Kier alpha value is -1.55. The van der Waals surface area contributed by atoms with Gasteiger partial charge in [0.1, 0.15) is 11.5 Å². The highest BCUT2D eigenvalue weighted by molar-refractivity contribution is 5.56. The van der Waals surface area contributed by atoms with Crippen molar-refractivity contribution >= 4 is 0 Å². The molecule has 0 aromatic carbocycles. The first-order valence-corrected chi connectivity index (χ1v) is 4.55. The van der Waals surface area contributed by atoms with Gasteiger partial charge in [0.05, 0.1) is 6.20 Å². The molecule has 0 fully saturated rings. The number of hydrogen-bond donors (Lipinski definition) is 2. The van der Waals surface area contributed by atoms with Gasteiger partial charge in [-0.1, -0.05) is 0 Å². The summed E-state index contributed by atoms with van der Waals surface area (Å²) in [7, 11) is 1.91. The van der Waals surface area contributed by atoms with Gasteiger partial charge in [0.15, 0.2) is 5.76 Å². The molecule has 4 heteroatoms. The molecule has 0 bridgehead atoms. The quantitative estimate of drug-likeness (QED) is 0.776. The number of nitrogens with one attached hydrogen (secondary N) is 2. The van der Waals surface area contributed by atoms with Gasteiger partial charge in [-0.3, -0.25) is 5.10 Å². The highest BCUT2D eigenvalue weighted by Gasteiger charge is 2.09. The molecule has 2 aromatic rings. The summed E-state index contributed by atoms with van der Waals surface area (Å²) in [6, 6.07) is 3.89. The fraction of sp³-hybridized carbons (Fsp3) is 0.300. The fourth-order valence-electron chi connectivity index (χ4n) is 1.42. The predicted molar refractivity (Wildman–Crippen MR) is 53.8 cm³/mol. The molecule has 2 N–H and O–H groups in total. The lowest BCUT2D eigenvalue weighted by Gasteiger charge is -1.98. The summed E-state index contributed by atoms with van der Waals surface area (Å²) in [5.41, 5.74) is 2.06. The van der Waals surface area contributed by atoms with Crippen LogP contribution in [0.1, 0.15) is 11.3 Å². The van der Waals surface area contributed by atoms with E-state index in [2.05, 4.69) is 15.5 Å². The van der Waals surface area contributed by atoms with Gasteiger partial charge in [0, 0.05) is 12.1 Å². The van der Waals surface area contributed by atoms with Gasteiger partial charge in [-0.2, -0.15) is 5.10 Å². The van der Waals surface area contributed by atoms with Crippen molar-refractivity contribution in [2.75, 3.05) is 7.05 Å². The van der Waals surface area contributed by atoms with E-state index in [1.54, 1.807) is 0 Å². The second-order valence-electron chi connectivity index (χ2n) is 3.21. The van der Waals surface area contributed by atoms with Crippen molar-refractivity contribution in [2.45, 2.75) is 13.5 Å². The average Bonchev–Trinajstić information content (AvgIpc) is 2.74. The van der Waals surface area contributed by atoms with Crippen LogP contribution in [0.5, 0.6) is 0 Å². The highest BCUT2D eigenvalue weighted by Crippen LogP contribution is 2.22. The van der Waals surface area contributed by atoms with E-state index in [1.807, 2.05) is 32.3 Å². The summed E-state index contributed by atoms with van der Waals surface area (Å²) in [5.74, 6) is 1.75. The first-order chi connectivity index (χ1) is 6.81. The van der Waals surface area contributed by atoms with E-state index in [0.717, 1.165) is 29.3 Å². The van der Waals surface area contributed by atoms with E-state index in [1.165, 1.54) is 0 Å². The van der Waals surface area contributed by atoms with Gasteiger partial charge in [-0.15, -0.1) is 0 Å². The molecule has 0 radical (unpaired) electrons. The topological polar surface area (TPSA) is 53.9 Å². The molecular formula is C10H13N3O. The Morgan fingerprint density at radius 2 is 2.36 bits per heavy atom. The van der Waals surface area contributed by atoms with Crippen LogP contribution >= 0.6 is 0 Å². The zero-order chi connectivity index (χ0) is 9.97. The van der Waals surface area contributed by atoms with E-state index in [-0.39, 0.29) is 0 Å². The number of hydrogen-bond acceptors (Lipinski definition) is 3. The maximum Gasteiger partial charge on any atom is 0.152 e. The van der Waals surface area contributed by atoms with Crippen LogP contribution < -0.4 is 5.32 Å². The van der Waals surface area contributed by atoms with Crippen molar-refractivity contribution in [3.63, 3.8) is 0 Å². The lowest BCUT2D eigenvalue weighted by atomic mass is 10.2. The number of H-pyrrole nitrogens is 1. The predicted octanol–water partition coefficient (Wildman–Crippen LogP) is 1.70. The second kappa shape index (κ2) is 3.67. The van der Waals surface area contributed by atoms with Crippen molar-refractivity contribution in [3.05, 3.63) is 29.7 Å². The Morgan fingerprint density at radius 3 is 3.00 bits per heavy atom. The van der Waals surface area contributed by atoms with E-state index in [9.17, 15) is 0 Å². The standard InChI is InChI=1S/C10H13N3O/c1-7-3-4-9(14-7)10-8(5-11-2)6-12-13-10/h3-4,6,11H,5H2,1-2H3,(H,12,13). The smallest absolute Gasteiger partial charge is 0.152 e. The van der Waals surface area contributed by atoms with Crippen LogP contribution in [0, 0.1) is 6.92 Å². The maximum atomic E-state index is 5.52. The fourth-order valence-corrected chi connectivity index (χ4v) is 1.42. The molecule has 14 heavy (non-hydrogen) atoms. The second-order valence-corrected chi connectivity index (χ2v) is 3.21. The van der Waals surface area contributed by atoms with E-state index >= 15 is 0 Å². The molecule has 2 aromatic heterocycles. The number of aryl methyl sites for hydroxylation is 1. The summed E-state index contributed by atoms with van der Waals surface area (Å²) in [5, 5.41) is 10.0. The maximum absolute atomic E-state index is 5.52. The van der Waals surface area contributed by atoms with Crippen molar-refractivity contribution in [1.29, 1.82) is 0 Å². The molecule has 0 saturated carbocycles. The molecule has 2 heterocycles.